The number of likely N-dealkylation sites (tertiary alicyclic amines) is 1. The lowest BCUT2D eigenvalue weighted by Gasteiger charge is -2.41. The van der Waals surface area contributed by atoms with Crippen molar-refractivity contribution in [3.63, 3.8) is 0 Å². The molecule has 2 aromatic carbocycles. The molecule has 1 fully saturated rings. The van der Waals surface area contributed by atoms with E-state index in [-0.39, 0.29) is 18.7 Å². The van der Waals surface area contributed by atoms with Crippen molar-refractivity contribution in [1.82, 2.24) is 24.7 Å². The number of halogens is 3. The Hall–Kier alpha value is -3.76. The van der Waals surface area contributed by atoms with Gasteiger partial charge in [0.2, 0.25) is 0 Å². The van der Waals surface area contributed by atoms with Crippen molar-refractivity contribution in [3.05, 3.63) is 102 Å². The smallest absolute Gasteiger partial charge is 0.321 e. The molecule has 7 nitrogen and oxygen atoms in total. The van der Waals surface area contributed by atoms with Gasteiger partial charge >= 0.3 is 6.03 Å². The van der Waals surface area contributed by atoms with E-state index in [1.165, 1.54) is 9.80 Å². The fraction of sp³-hybridized carbons (Fsp3) is 0.367. The minimum atomic E-state index is -1.34. The van der Waals surface area contributed by atoms with Gasteiger partial charge in [-0.3, -0.25) is 4.90 Å². The number of aliphatic hydroxyl groups excluding tert-OH is 1. The number of urea groups is 1. The standard InChI is InChI=1S/C30H32F3N5O2/c1-36(27-9-5-14-37(18-26(27)33)19-28-34-12-6-13-35-28)29(40)38-17-21(24-15-23(31)10-11-25(24)32)16-30(38,20-39)22-7-3-2-4-8-22/h2-4,6-8,10-13,15-16,26-27,39H,5,9,14,17-20H2,1H3/t26?,27?,30-/m1/s1. The summed E-state index contributed by atoms with van der Waals surface area (Å²) < 4.78 is 44.6. The third-order valence-electron chi connectivity index (χ3n) is 7.85. The molecule has 2 aliphatic rings. The summed E-state index contributed by atoms with van der Waals surface area (Å²) in [6, 6.07) is 12.6. The van der Waals surface area contributed by atoms with Crippen LogP contribution in [-0.4, -0.2) is 81.3 Å². The van der Waals surface area contributed by atoms with E-state index in [4.69, 9.17) is 0 Å². The van der Waals surface area contributed by atoms with Crippen molar-refractivity contribution in [1.29, 1.82) is 0 Å². The number of carbonyl (C=O) groups is 1. The fourth-order valence-electron chi connectivity index (χ4n) is 5.74. The first-order valence-electron chi connectivity index (χ1n) is 13.3. The van der Waals surface area contributed by atoms with Gasteiger partial charge < -0.3 is 14.9 Å². The third-order valence-corrected chi connectivity index (χ3v) is 7.85. The molecule has 2 amide bonds. The lowest BCUT2D eigenvalue weighted by atomic mass is 9.89. The Morgan fingerprint density at radius 1 is 1.12 bits per heavy atom. The second-order valence-electron chi connectivity index (χ2n) is 10.3. The maximum atomic E-state index is 15.7. The predicted molar refractivity (Wildman–Crippen MR) is 145 cm³/mol. The van der Waals surface area contributed by atoms with Crippen LogP contribution < -0.4 is 0 Å². The van der Waals surface area contributed by atoms with E-state index in [1.807, 2.05) is 11.0 Å². The fourth-order valence-corrected chi connectivity index (χ4v) is 5.74. The minimum Gasteiger partial charge on any atom is -0.393 e. The summed E-state index contributed by atoms with van der Waals surface area (Å²) >= 11 is 0. The highest BCUT2D eigenvalue weighted by atomic mass is 19.1. The molecule has 210 valence electrons. The van der Waals surface area contributed by atoms with E-state index in [9.17, 15) is 18.7 Å². The molecule has 2 unspecified atom stereocenters. The van der Waals surface area contributed by atoms with E-state index < -0.39 is 42.0 Å². The number of rotatable bonds is 6. The molecule has 40 heavy (non-hydrogen) atoms. The normalized spacial score (nSPS) is 23.5. The quantitative estimate of drug-likeness (QED) is 0.492. The van der Waals surface area contributed by atoms with Crippen LogP contribution in [0.1, 0.15) is 29.8 Å². The number of nitrogens with zero attached hydrogens (tertiary/aromatic N) is 5. The van der Waals surface area contributed by atoms with Gasteiger partial charge in [-0.1, -0.05) is 30.3 Å². The van der Waals surface area contributed by atoms with Gasteiger partial charge in [-0.05, 0) is 60.9 Å². The third kappa shape index (κ3) is 5.46. The molecule has 1 aromatic heterocycles. The molecule has 5 rings (SSSR count). The van der Waals surface area contributed by atoms with Crippen molar-refractivity contribution in [2.45, 2.75) is 37.1 Å². The van der Waals surface area contributed by atoms with Crippen LogP contribution in [0.4, 0.5) is 18.0 Å². The summed E-state index contributed by atoms with van der Waals surface area (Å²) in [6.07, 6.45) is 4.69. The Morgan fingerprint density at radius 3 is 2.60 bits per heavy atom. The molecule has 0 bridgehead atoms. The van der Waals surface area contributed by atoms with Crippen molar-refractivity contribution in [3.8, 4) is 0 Å². The Balaban J connectivity index is 1.42. The lowest BCUT2D eigenvalue weighted by molar-refractivity contribution is 0.0632. The Morgan fingerprint density at radius 2 is 1.88 bits per heavy atom. The SMILES string of the molecule is CN(C(=O)N1CC(c2cc(F)ccc2F)=C[C@@]1(CO)c1ccccc1)C1CCCN(Cc2ncccn2)CC1F. The molecule has 3 atom stereocenters. The summed E-state index contributed by atoms with van der Waals surface area (Å²) in [4.78, 5) is 27.3. The number of aliphatic hydroxyl groups is 1. The molecule has 10 heteroatoms. The molecule has 0 radical (unpaired) electrons. The van der Waals surface area contributed by atoms with Crippen molar-refractivity contribution in [2.75, 3.05) is 33.3 Å². The van der Waals surface area contributed by atoms with Crippen LogP contribution in [0.3, 0.4) is 0 Å². The molecule has 0 aliphatic carbocycles. The first-order chi connectivity index (χ1) is 19.3. The zero-order valence-electron chi connectivity index (χ0n) is 22.3. The van der Waals surface area contributed by atoms with E-state index >= 15 is 4.39 Å². The van der Waals surface area contributed by atoms with Crippen LogP contribution in [0.5, 0.6) is 0 Å². The highest BCUT2D eigenvalue weighted by Gasteiger charge is 2.47. The van der Waals surface area contributed by atoms with Gasteiger partial charge in [0.05, 0.1) is 19.2 Å². The average Bonchev–Trinajstić information content (AvgIpc) is 3.28. The Bertz CT molecular complexity index is 1360. The van der Waals surface area contributed by atoms with Crippen LogP contribution in [-0.2, 0) is 12.1 Å². The number of amides is 2. The first-order valence-corrected chi connectivity index (χ1v) is 13.3. The molecular formula is C30H32F3N5O2. The summed E-state index contributed by atoms with van der Waals surface area (Å²) in [5.74, 6) is -0.642. The second kappa shape index (κ2) is 11.8. The van der Waals surface area contributed by atoms with Crippen LogP contribution >= 0.6 is 0 Å². The van der Waals surface area contributed by atoms with Gasteiger partial charge in [0.25, 0.3) is 0 Å². The zero-order chi connectivity index (χ0) is 28.3. The molecule has 3 heterocycles. The number of hydrogen-bond acceptors (Lipinski definition) is 5. The van der Waals surface area contributed by atoms with Crippen LogP contribution in [0, 0.1) is 11.6 Å². The largest absolute Gasteiger partial charge is 0.393 e. The van der Waals surface area contributed by atoms with E-state index in [0.717, 1.165) is 18.2 Å². The Kier molecular flexibility index (Phi) is 8.18. The van der Waals surface area contributed by atoms with Gasteiger partial charge in [-0.2, -0.15) is 0 Å². The molecule has 3 aromatic rings. The molecular weight excluding hydrogens is 519 g/mol. The number of benzene rings is 2. The van der Waals surface area contributed by atoms with Gasteiger partial charge in [0.15, 0.2) is 0 Å². The van der Waals surface area contributed by atoms with Gasteiger partial charge in [-0.15, -0.1) is 0 Å². The van der Waals surface area contributed by atoms with Gasteiger partial charge in [0.1, 0.15) is 29.2 Å². The molecule has 2 aliphatic heterocycles. The minimum absolute atomic E-state index is 0.0170. The summed E-state index contributed by atoms with van der Waals surface area (Å²) in [5, 5.41) is 10.7. The molecule has 0 saturated carbocycles. The highest BCUT2D eigenvalue weighted by Crippen LogP contribution is 2.41. The average molecular weight is 552 g/mol. The first kappa shape index (κ1) is 27.8. The highest BCUT2D eigenvalue weighted by molar-refractivity contribution is 5.83. The number of carbonyl (C=O) groups excluding carboxylic acids is 1. The predicted octanol–water partition coefficient (Wildman–Crippen LogP) is 4.40. The summed E-state index contributed by atoms with van der Waals surface area (Å²) in [5.41, 5.74) is -0.349. The molecule has 0 spiro atoms. The molecule has 1 N–H and O–H groups in total. The maximum absolute atomic E-state index is 15.7. The van der Waals surface area contributed by atoms with Crippen LogP contribution in [0.15, 0.2) is 73.1 Å². The van der Waals surface area contributed by atoms with E-state index in [1.54, 1.807) is 55.8 Å². The summed E-state index contributed by atoms with van der Waals surface area (Å²) in [6.45, 7) is 0.579. The number of hydrogen-bond donors (Lipinski definition) is 1. The van der Waals surface area contributed by atoms with Crippen LogP contribution in [0.2, 0.25) is 0 Å². The lowest BCUT2D eigenvalue weighted by Crippen LogP contribution is -2.56. The maximum Gasteiger partial charge on any atom is 0.321 e. The van der Waals surface area contributed by atoms with Crippen molar-refractivity contribution in [2.24, 2.45) is 0 Å². The Labute approximate surface area is 231 Å². The van der Waals surface area contributed by atoms with Crippen LogP contribution in [0.25, 0.3) is 5.57 Å². The van der Waals surface area contributed by atoms with E-state index in [0.29, 0.717) is 42.9 Å². The van der Waals surface area contributed by atoms with Crippen molar-refractivity contribution >= 4 is 11.6 Å². The molecule has 1 saturated heterocycles. The number of aromatic nitrogens is 2. The second-order valence-corrected chi connectivity index (χ2v) is 10.3. The number of alkyl halides is 1. The topological polar surface area (TPSA) is 72.8 Å². The van der Waals surface area contributed by atoms with Gasteiger partial charge in [0, 0.05) is 38.1 Å². The monoisotopic (exact) mass is 551 g/mol. The summed E-state index contributed by atoms with van der Waals surface area (Å²) in [7, 11) is 1.56. The zero-order valence-corrected chi connectivity index (χ0v) is 22.3. The van der Waals surface area contributed by atoms with Crippen molar-refractivity contribution < 1.29 is 23.1 Å². The van der Waals surface area contributed by atoms with E-state index in [2.05, 4.69) is 9.97 Å². The van der Waals surface area contributed by atoms with Gasteiger partial charge in [-0.25, -0.2) is 27.9 Å².